The van der Waals surface area contributed by atoms with E-state index in [-0.39, 0.29) is 5.54 Å². The van der Waals surface area contributed by atoms with Crippen molar-refractivity contribution in [3.8, 4) is 0 Å². The minimum Gasteiger partial charge on any atom is -0.321 e. The van der Waals surface area contributed by atoms with Gasteiger partial charge in [-0.15, -0.1) is 11.8 Å². The molecule has 1 fully saturated rings. The van der Waals surface area contributed by atoms with Crippen LogP contribution in [0, 0.1) is 0 Å². The van der Waals surface area contributed by atoms with E-state index in [1.807, 2.05) is 11.8 Å². The van der Waals surface area contributed by atoms with Crippen molar-refractivity contribution in [2.75, 3.05) is 5.75 Å². The molecule has 0 heterocycles. The lowest BCUT2D eigenvalue weighted by molar-refractivity contribution is 0.739. The molecule has 1 aliphatic rings. The molecule has 1 aromatic rings. The largest absolute Gasteiger partial charge is 0.321 e. The Kier molecular flexibility index (Phi) is 2.35. The van der Waals surface area contributed by atoms with E-state index in [0.29, 0.717) is 0 Å². The quantitative estimate of drug-likeness (QED) is 0.747. The van der Waals surface area contributed by atoms with Crippen molar-refractivity contribution >= 4 is 11.8 Å². The van der Waals surface area contributed by atoms with Crippen molar-refractivity contribution in [3.63, 3.8) is 0 Å². The van der Waals surface area contributed by atoms with E-state index in [2.05, 4.69) is 31.2 Å². The van der Waals surface area contributed by atoms with Gasteiger partial charge in [-0.3, -0.25) is 0 Å². The van der Waals surface area contributed by atoms with Crippen LogP contribution in [0.15, 0.2) is 29.2 Å². The Morgan fingerprint density at radius 1 is 1.31 bits per heavy atom. The molecule has 2 rings (SSSR count). The molecule has 2 N–H and O–H groups in total. The first kappa shape index (κ1) is 9.10. The average Bonchev–Trinajstić information content (AvgIpc) is 2.87. The molecule has 13 heavy (non-hydrogen) atoms. The first-order valence-corrected chi connectivity index (χ1v) is 5.75. The highest BCUT2D eigenvalue weighted by atomic mass is 32.2. The molecule has 1 saturated carbocycles. The fourth-order valence-corrected chi connectivity index (χ4v) is 2.13. The number of hydrogen-bond donors (Lipinski definition) is 1. The van der Waals surface area contributed by atoms with Gasteiger partial charge in [-0.1, -0.05) is 19.1 Å². The molecule has 0 spiro atoms. The predicted octanol–water partition coefficient (Wildman–Crippen LogP) is 2.75. The molecule has 0 saturated heterocycles. The van der Waals surface area contributed by atoms with E-state index in [9.17, 15) is 0 Å². The lowest BCUT2D eigenvalue weighted by atomic mass is 10.1. The summed E-state index contributed by atoms with van der Waals surface area (Å²) in [4.78, 5) is 1.34. The molecule has 1 aromatic carbocycles. The van der Waals surface area contributed by atoms with Gasteiger partial charge in [0.2, 0.25) is 0 Å². The lowest BCUT2D eigenvalue weighted by Gasteiger charge is -2.09. The number of thioether (sulfide) groups is 1. The highest BCUT2D eigenvalue weighted by Crippen LogP contribution is 2.42. The van der Waals surface area contributed by atoms with E-state index < -0.39 is 0 Å². The summed E-state index contributed by atoms with van der Waals surface area (Å²) in [5, 5.41) is 0. The third-order valence-electron chi connectivity index (χ3n) is 2.53. The maximum Gasteiger partial charge on any atom is 0.0411 e. The first-order chi connectivity index (χ1) is 6.24. The van der Waals surface area contributed by atoms with Crippen LogP contribution in [-0.4, -0.2) is 5.75 Å². The van der Waals surface area contributed by atoms with Crippen LogP contribution in [0.3, 0.4) is 0 Å². The summed E-state index contributed by atoms with van der Waals surface area (Å²) in [6.07, 6.45) is 2.29. The summed E-state index contributed by atoms with van der Waals surface area (Å²) in [6, 6.07) is 8.70. The number of hydrogen-bond acceptors (Lipinski definition) is 2. The molecule has 0 aromatic heterocycles. The molecule has 0 unspecified atom stereocenters. The zero-order valence-electron chi connectivity index (χ0n) is 7.92. The second-order valence-corrected chi connectivity index (χ2v) is 4.95. The Bertz CT molecular complexity index is 287. The standard InChI is InChI=1S/C11H15NS/c1-2-13-10-5-3-9(4-6-10)11(12)7-8-11/h3-6H,2,7-8,12H2,1H3. The highest BCUT2D eigenvalue weighted by Gasteiger charge is 2.39. The molecular formula is C11H15NS. The molecule has 0 bridgehead atoms. The highest BCUT2D eigenvalue weighted by molar-refractivity contribution is 7.99. The van der Waals surface area contributed by atoms with Gasteiger partial charge in [0, 0.05) is 10.4 Å². The third kappa shape index (κ3) is 1.89. The molecule has 0 radical (unpaired) electrons. The molecule has 70 valence electrons. The van der Waals surface area contributed by atoms with Gasteiger partial charge in [0.15, 0.2) is 0 Å². The summed E-state index contributed by atoms with van der Waals surface area (Å²) >= 11 is 1.87. The van der Waals surface area contributed by atoms with Crippen LogP contribution in [0.1, 0.15) is 25.3 Å². The van der Waals surface area contributed by atoms with E-state index >= 15 is 0 Å². The van der Waals surface area contributed by atoms with E-state index in [0.717, 1.165) is 18.6 Å². The van der Waals surface area contributed by atoms with Crippen molar-refractivity contribution in [3.05, 3.63) is 29.8 Å². The van der Waals surface area contributed by atoms with Crippen LogP contribution in [0.4, 0.5) is 0 Å². The van der Waals surface area contributed by atoms with Crippen molar-refractivity contribution in [2.45, 2.75) is 30.2 Å². The summed E-state index contributed by atoms with van der Waals surface area (Å²) in [5.74, 6) is 1.13. The summed E-state index contributed by atoms with van der Waals surface area (Å²) in [5.41, 5.74) is 7.41. The lowest BCUT2D eigenvalue weighted by Crippen LogP contribution is -2.18. The minimum atomic E-state index is 0.0232. The van der Waals surface area contributed by atoms with Crippen LogP contribution in [0.5, 0.6) is 0 Å². The minimum absolute atomic E-state index is 0.0232. The van der Waals surface area contributed by atoms with Gasteiger partial charge in [-0.2, -0.15) is 0 Å². The van der Waals surface area contributed by atoms with E-state index in [1.54, 1.807) is 0 Å². The first-order valence-electron chi connectivity index (χ1n) is 4.77. The number of nitrogens with two attached hydrogens (primary N) is 1. The molecule has 1 aliphatic carbocycles. The normalized spacial score (nSPS) is 18.6. The molecule has 0 atom stereocenters. The van der Waals surface area contributed by atoms with Gasteiger partial charge in [0.05, 0.1) is 0 Å². The van der Waals surface area contributed by atoms with E-state index in [1.165, 1.54) is 10.5 Å². The zero-order chi connectivity index (χ0) is 9.31. The van der Waals surface area contributed by atoms with Crippen molar-refractivity contribution in [1.29, 1.82) is 0 Å². The van der Waals surface area contributed by atoms with Gasteiger partial charge in [-0.25, -0.2) is 0 Å². The van der Waals surface area contributed by atoms with Crippen LogP contribution in [-0.2, 0) is 5.54 Å². The molecule has 2 heteroatoms. The molecular weight excluding hydrogens is 178 g/mol. The summed E-state index contributed by atoms with van der Waals surface area (Å²) < 4.78 is 0. The van der Waals surface area contributed by atoms with Gasteiger partial charge in [-0.05, 0) is 36.3 Å². The SMILES string of the molecule is CCSc1ccc(C2(N)CC2)cc1. The van der Waals surface area contributed by atoms with Crippen molar-refractivity contribution < 1.29 is 0 Å². The smallest absolute Gasteiger partial charge is 0.0411 e. The number of benzene rings is 1. The predicted molar refractivity (Wildman–Crippen MR) is 57.9 cm³/mol. The maximum absolute atomic E-state index is 6.09. The fourth-order valence-electron chi connectivity index (χ4n) is 1.47. The molecule has 0 aliphatic heterocycles. The van der Waals surface area contributed by atoms with Crippen LogP contribution in [0.2, 0.25) is 0 Å². The topological polar surface area (TPSA) is 26.0 Å². The maximum atomic E-state index is 6.09. The van der Waals surface area contributed by atoms with Crippen LogP contribution >= 0.6 is 11.8 Å². The Balaban J connectivity index is 2.14. The van der Waals surface area contributed by atoms with E-state index in [4.69, 9.17) is 5.73 Å². The van der Waals surface area contributed by atoms with Gasteiger partial charge in [0.25, 0.3) is 0 Å². The summed E-state index contributed by atoms with van der Waals surface area (Å²) in [6.45, 7) is 2.17. The van der Waals surface area contributed by atoms with Gasteiger partial charge >= 0.3 is 0 Å². The number of rotatable bonds is 3. The van der Waals surface area contributed by atoms with Crippen molar-refractivity contribution in [2.24, 2.45) is 5.73 Å². The van der Waals surface area contributed by atoms with Gasteiger partial charge < -0.3 is 5.73 Å². The second-order valence-electron chi connectivity index (χ2n) is 3.61. The molecule has 1 nitrogen and oxygen atoms in total. The van der Waals surface area contributed by atoms with Gasteiger partial charge in [0.1, 0.15) is 0 Å². The van der Waals surface area contributed by atoms with Crippen LogP contribution < -0.4 is 5.73 Å². The molecule has 0 amide bonds. The fraction of sp³-hybridized carbons (Fsp3) is 0.455. The van der Waals surface area contributed by atoms with Crippen molar-refractivity contribution in [1.82, 2.24) is 0 Å². The third-order valence-corrected chi connectivity index (χ3v) is 3.42. The Hall–Kier alpha value is -0.470. The average molecular weight is 193 g/mol. The monoisotopic (exact) mass is 193 g/mol. The zero-order valence-corrected chi connectivity index (χ0v) is 8.73. The Morgan fingerprint density at radius 3 is 2.38 bits per heavy atom. The summed E-state index contributed by atoms with van der Waals surface area (Å²) in [7, 11) is 0. The Morgan fingerprint density at radius 2 is 1.92 bits per heavy atom. The second kappa shape index (κ2) is 3.35. The Labute approximate surface area is 83.7 Å². The van der Waals surface area contributed by atoms with Crippen LogP contribution in [0.25, 0.3) is 0 Å².